The highest BCUT2D eigenvalue weighted by Gasteiger charge is 2.24. The number of rotatable bonds is 4. The fraction of sp³-hybridized carbons (Fsp3) is 0.333. The third kappa shape index (κ3) is 3.53. The van der Waals surface area contributed by atoms with Gasteiger partial charge in [0.1, 0.15) is 5.82 Å². The predicted molar refractivity (Wildman–Crippen MR) is 64.4 cm³/mol. The maximum Gasteiger partial charge on any atom is 0.332 e. The van der Waals surface area contributed by atoms with Crippen LogP contribution in [0.25, 0.3) is 0 Å². The van der Waals surface area contributed by atoms with E-state index in [-0.39, 0.29) is 12.3 Å². The minimum atomic E-state index is -1.47. The van der Waals surface area contributed by atoms with Crippen LogP contribution in [0.1, 0.15) is 12.5 Å². The second-order valence-electron chi connectivity index (χ2n) is 3.70. The first kappa shape index (κ1) is 14.1. The van der Waals surface area contributed by atoms with Gasteiger partial charge in [0, 0.05) is 0 Å². The number of nitrogens with two attached hydrogens (primary N) is 1. The average Bonchev–Trinajstić information content (AvgIpc) is 2.32. The maximum absolute atomic E-state index is 13.5. The van der Waals surface area contributed by atoms with Crippen molar-refractivity contribution in [1.82, 2.24) is 0 Å². The molecule has 1 aromatic rings. The number of esters is 1. The first-order chi connectivity index (χ1) is 8.45. The average molecular weight is 254 g/mol. The number of benzene rings is 1. The van der Waals surface area contributed by atoms with Gasteiger partial charge in [0.25, 0.3) is 5.91 Å². The highest BCUT2D eigenvalue weighted by atomic mass is 19.1. The van der Waals surface area contributed by atoms with E-state index in [4.69, 9.17) is 5.73 Å². The van der Waals surface area contributed by atoms with E-state index < -0.39 is 23.7 Å². The van der Waals surface area contributed by atoms with Gasteiger partial charge in [-0.05, 0) is 31.5 Å². The number of ether oxygens (including phenoxy) is 1. The van der Waals surface area contributed by atoms with Crippen LogP contribution in [0.15, 0.2) is 18.2 Å². The standard InChI is InChI=1S/C12H15FN2O3/c1-3-18-12(17)10(14)11(16)15-9-5-4-7(2)6-8(9)13/h4-6,10H,3,14H2,1-2H3,(H,15,16). The van der Waals surface area contributed by atoms with Crippen LogP contribution < -0.4 is 11.1 Å². The lowest BCUT2D eigenvalue weighted by molar-refractivity contribution is -0.146. The number of carbonyl (C=O) groups is 2. The lowest BCUT2D eigenvalue weighted by atomic mass is 10.2. The number of hydrogen-bond acceptors (Lipinski definition) is 4. The van der Waals surface area contributed by atoms with Crippen LogP contribution in [0.4, 0.5) is 10.1 Å². The number of nitrogens with one attached hydrogen (secondary N) is 1. The van der Waals surface area contributed by atoms with Gasteiger partial charge >= 0.3 is 5.97 Å². The first-order valence-corrected chi connectivity index (χ1v) is 5.45. The molecular weight excluding hydrogens is 239 g/mol. The summed E-state index contributed by atoms with van der Waals surface area (Å²) in [6.07, 6.45) is 0. The molecule has 0 radical (unpaired) electrons. The molecule has 1 aromatic carbocycles. The van der Waals surface area contributed by atoms with Gasteiger partial charge < -0.3 is 15.8 Å². The SMILES string of the molecule is CCOC(=O)C(N)C(=O)Nc1ccc(C)cc1F. The van der Waals surface area contributed by atoms with E-state index in [1.807, 2.05) is 0 Å². The summed E-state index contributed by atoms with van der Waals surface area (Å²) >= 11 is 0. The zero-order chi connectivity index (χ0) is 13.7. The molecule has 0 spiro atoms. The molecule has 0 bridgehead atoms. The third-order valence-electron chi connectivity index (χ3n) is 2.21. The van der Waals surface area contributed by atoms with E-state index in [0.717, 1.165) is 5.56 Å². The zero-order valence-electron chi connectivity index (χ0n) is 10.2. The molecule has 0 aliphatic rings. The van der Waals surface area contributed by atoms with Crippen LogP contribution in [0.2, 0.25) is 0 Å². The summed E-state index contributed by atoms with van der Waals surface area (Å²) in [5.74, 6) is -2.24. The van der Waals surface area contributed by atoms with Crippen LogP contribution >= 0.6 is 0 Å². The molecule has 0 fully saturated rings. The van der Waals surface area contributed by atoms with Crippen LogP contribution in [0, 0.1) is 12.7 Å². The molecule has 0 saturated carbocycles. The summed E-state index contributed by atoms with van der Waals surface area (Å²) < 4.78 is 18.0. The number of carbonyl (C=O) groups excluding carboxylic acids is 2. The van der Waals surface area contributed by atoms with Crippen molar-refractivity contribution in [3.63, 3.8) is 0 Å². The highest BCUT2D eigenvalue weighted by Crippen LogP contribution is 2.15. The lowest BCUT2D eigenvalue weighted by Crippen LogP contribution is -2.43. The molecule has 0 saturated heterocycles. The van der Waals surface area contributed by atoms with E-state index in [9.17, 15) is 14.0 Å². The van der Waals surface area contributed by atoms with E-state index in [1.54, 1.807) is 19.9 Å². The number of aryl methyl sites for hydroxylation is 1. The Morgan fingerprint density at radius 2 is 2.17 bits per heavy atom. The van der Waals surface area contributed by atoms with Crippen molar-refractivity contribution in [2.45, 2.75) is 19.9 Å². The summed E-state index contributed by atoms with van der Waals surface area (Å²) in [6.45, 7) is 3.44. The molecule has 0 aromatic heterocycles. The fourth-order valence-electron chi connectivity index (χ4n) is 1.27. The monoisotopic (exact) mass is 254 g/mol. The number of amides is 1. The van der Waals surface area contributed by atoms with Crippen molar-refractivity contribution < 1.29 is 18.7 Å². The molecule has 5 nitrogen and oxygen atoms in total. The minimum Gasteiger partial charge on any atom is -0.464 e. The van der Waals surface area contributed by atoms with Crippen LogP contribution in [0.5, 0.6) is 0 Å². The quantitative estimate of drug-likeness (QED) is 0.619. The molecule has 1 rings (SSSR count). The summed E-state index contributed by atoms with van der Waals surface area (Å²) in [7, 11) is 0. The molecule has 98 valence electrons. The molecule has 0 aliphatic carbocycles. The summed E-state index contributed by atoms with van der Waals surface area (Å²) in [5.41, 5.74) is 6.07. The van der Waals surface area contributed by atoms with E-state index in [0.29, 0.717) is 0 Å². The van der Waals surface area contributed by atoms with Gasteiger partial charge in [-0.3, -0.25) is 4.79 Å². The Kier molecular flexibility index (Phi) is 4.79. The maximum atomic E-state index is 13.5. The highest BCUT2D eigenvalue weighted by molar-refractivity contribution is 6.08. The van der Waals surface area contributed by atoms with Gasteiger partial charge in [-0.1, -0.05) is 6.07 Å². The molecule has 1 unspecified atom stereocenters. The van der Waals surface area contributed by atoms with Gasteiger partial charge in [0.15, 0.2) is 6.04 Å². The second-order valence-corrected chi connectivity index (χ2v) is 3.70. The molecule has 3 N–H and O–H groups in total. The Morgan fingerprint density at radius 3 is 2.72 bits per heavy atom. The van der Waals surface area contributed by atoms with Gasteiger partial charge in [-0.25, -0.2) is 9.18 Å². The van der Waals surface area contributed by atoms with E-state index >= 15 is 0 Å². The van der Waals surface area contributed by atoms with Crippen LogP contribution in [0.3, 0.4) is 0 Å². The van der Waals surface area contributed by atoms with E-state index in [2.05, 4.69) is 10.1 Å². The van der Waals surface area contributed by atoms with Crippen LogP contribution in [-0.2, 0) is 14.3 Å². The Labute approximate surface area is 104 Å². The Morgan fingerprint density at radius 1 is 1.50 bits per heavy atom. The normalized spacial score (nSPS) is 11.8. The number of anilines is 1. The molecular formula is C12H15FN2O3. The molecule has 18 heavy (non-hydrogen) atoms. The van der Waals surface area contributed by atoms with Crippen molar-refractivity contribution >= 4 is 17.6 Å². The van der Waals surface area contributed by atoms with Crippen molar-refractivity contribution in [2.75, 3.05) is 11.9 Å². The molecule has 1 atom stereocenters. The second kappa shape index (κ2) is 6.11. The lowest BCUT2D eigenvalue weighted by Gasteiger charge is -2.11. The molecule has 0 heterocycles. The van der Waals surface area contributed by atoms with Crippen molar-refractivity contribution in [2.24, 2.45) is 5.73 Å². The van der Waals surface area contributed by atoms with E-state index in [1.165, 1.54) is 12.1 Å². The van der Waals surface area contributed by atoms with Gasteiger partial charge in [-0.2, -0.15) is 0 Å². The number of halogens is 1. The Bertz CT molecular complexity index is 463. The predicted octanol–water partition coefficient (Wildman–Crippen LogP) is 0.963. The van der Waals surface area contributed by atoms with Gasteiger partial charge in [0.2, 0.25) is 0 Å². The largest absolute Gasteiger partial charge is 0.464 e. The smallest absolute Gasteiger partial charge is 0.332 e. The summed E-state index contributed by atoms with van der Waals surface area (Å²) in [5, 5.41) is 2.24. The topological polar surface area (TPSA) is 81.4 Å². The van der Waals surface area contributed by atoms with Crippen molar-refractivity contribution in [3.05, 3.63) is 29.6 Å². The molecule has 1 amide bonds. The Hall–Kier alpha value is -1.95. The first-order valence-electron chi connectivity index (χ1n) is 5.45. The zero-order valence-corrected chi connectivity index (χ0v) is 10.2. The Balaban J connectivity index is 2.72. The summed E-state index contributed by atoms with van der Waals surface area (Å²) in [4.78, 5) is 22.8. The fourth-order valence-corrected chi connectivity index (χ4v) is 1.27. The minimum absolute atomic E-state index is 0.0228. The van der Waals surface area contributed by atoms with Crippen LogP contribution in [-0.4, -0.2) is 24.5 Å². The molecule has 6 heteroatoms. The number of hydrogen-bond donors (Lipinski definition) is 2. The van der Waals surface area contributed by atoms with Gasteiger partial charge in [0.05, 0.1) is 12.3 Å². The summed E-state index contributed by atoms with van der Waals surface area (Å²) in [6, 6.07) is 2.84. The van der Waals surface area contributed by atoms with Crippen molar-refractivity contribution in [3.8, 4) is 0 Å². The van der Waals surface area contributed by atoms with Gasteiger partial charge in [-0.15, -0.1) is 0 Å². The molecule has 0 aliphatic heterocycles. The third-order valence-corrected chi connectivity index (χ3v) is 2.21. The van der Waals surface area contributed by atoms with Crippen molar-refractivity contribution in [1.29, 1.82) is 0 Å².